The van der Waals surface area contributed by atoms with Crippen LogP contribution >= 0.6 is 23.1 Å². The Morgan fingerprint density at radius 1 is 1.31 bits per heavy atom. The molecule has 7 heteroatoms. The van der Waals surface area contributed by atoms with Gasteiger partial charge in [0.1, 0.15) is 0 Å². The maximum absolute atomic E-state index is 12.5. The first-order valence-corrected chi connectivity index (χ1v) is 10.5. The molecule has 0 radical (unpaired) electrons. The number of thioether (sulfide) groups is 1. The molecule has 5 nitrogen and oxygen atoms in total. The summed E-state index contributed by atoms with van der Waals surface area (Å²) in [7, 11) is 0. The lowest BCUT2D eigenvalue weighted by Crippen LogP contribution is -2.29. The molecule has 0 unspecified atom stereocenters. The first-order chi connectivity index (χ1) is 12.6. The summed E-state index contributed by atoms with van der Waals surface area (Å²) in [6.07, 6.45) is 1.80. The third kappa shape index (κ3) is 4.74. The van der Waals surface area contributed by atoms with Crippen molar-refractivity contribution < 1.29 is 4.79 Å². The fraction of sp³-hybridized carbons (Fsp3) is 0.316. The molecule has 26 heavy (non-hydrogen) atoms. The second kappa shape index (κ2) is 9.00. The van der Waals surface area contributed by atoms with Gasteiger partial charge in [-0.05, 0) is 30.0 Å². The number of carbonyl (C=O) groups is 1. The number of nitrogens with zero attached hydrogens (tertiary/aromatic N) is 2. The minimum Gasteiger partial charge on any atom is -0.355 e. The quantitative estimate of drug-likeness (QED) is 0.603. The van der Waals surface area contributed by atoms with Crippen LogP contribution in [0.15, 0.2) is 46.8 Å². The Kier molecular flexibility index (Phi) is 6.46. The van der Waals surface area contributed by atoms with E-state index >= 15 is 0 Å². The monoisotopic (exact) mass is 387 g/mol. The van der Waals surface area contributed by atoms with Crippen LogP contribution in [0.5, 0.6) is 0 Å². The van der Waals surface area contributed by atoms with E-state index < -0.39 is 0 Å². The van der Waals surface area contributed by atoms with Gasteiger partial charge < -0.3 is 5.32 Å². The van der Waals surface area contributed by atoms with E-state index in [1.165, 1.54) is 15.8 Å². The van der Waals surface area contributed by atoms with Gasteiger partial charge in [-0.15, -0.1) is 11.3 Å². The van der Waals surface area contributed by atoms with Crippen molar-refractivity contribution in [3.05, 3.63) is 62.8 Å². The van der Waals surface area contributed by atoms with Crippen molar-refractivity contribution in [2.24, 2.45) is 0 Å². The zero-order valence-corrected chi connectivity index (χ0v) is 16.2. The number of hydrogen-bond acceptors (Lipinski definition) is 5. The van der Waals surface area contributed by atoms with E-state index in [9.17, 15) is 9.59 Å². The van der Waals surface area contributed by atoms with Crippen molar-refractivity contribution in [2.75, 3.05) is 12.3 Å². The number of aromatic nitrogens is 2. The lowest BCUT2D eigenvalue weighted by Gasteiger charge is -2.08. The van der Waals surface area contributed by atoms with Gasteiger partial charge in [-0.2, -0.15) is 11.8 Å². The first-order valence-electron chi connectivity index (χ1n) is 8.47. The van der Waals surface area contributed by atoms with Gasteiger partial charge in [0.15, 0.2) is 0 Å². The maximum atomic E-state index is 12.5. The molecule has 0 aliphatic carbocycles. The van der Waals surface area contributed by atoms with Gasteiger partial charge in [-0.25, -0.2) is 4.98 Å². The van der Waals surface area contributed by atoms with Gasteiger partial charge >= 0.3 is 0 Å². The van der Waals surface area contributed by atoms with Gasteiger partial charge in [-0.1, -0.05) is 18.2 Å². The van der Waals surface area contributed by atoms with E-state index in [2.05, 4.69) is 21.7 Å². The normalized spacial score (nSPS) is 11.0. The molecule has 136 valence electrons. The van der Waals surface area contributed by atoms with Gasteiger partial charge in [0, 0.05) is 35.9 Å². The number of fused-ring (bicyclic) bond motifs is 1. The number of rotatable bonds is 8. The van der Waals surface area contributed by atoms with Crippen LogP contribution in [0.2, 0.25) is 0 Å². The SMILES string of the molecule is Cc1cccc2c(=O)n(CCC(=O)NCCSCc3cccs3)cnc12. The van der Waals surface area contributed by atoms with Gasteiger partial charge in [0.25, 0.3) is 5.56 Å². The Morgan fingerprint density at radius 3 is 3.00 bits per heavy atom. The second-order valence-corrected chi connectivity index (χ2v) is 8.08. The van der Waals surface area contributed by atoms with Crippen LogP contribution in [0.1, 0.15) is 16.9 Å². The van der Waals surface area contributed by atoms with Crippen molar-refractivity contribution >= 4 is 39.9 Å². The summed E-state index contributed by atoms with van der Waals surface area (Å²) in [6.45, 7) is 2.91. The highest BCUT2D eigenvalue weighted by Crippen LogP contribution is 2.16. The number of benzene rings is 1. The largest absolute Gasteiger partial charge is 0.355 e. The molecule has 0 aliphatic heterocycles. The summed E-state index contributed by atoms with van der Waals surface area (Å²) in [6, 6.07) is 9.73. The standard InChI is InChI=1S/C19H21N3O2S2/c1-14-4-2-6-16-18(14)21-13-22(19(16)24)9-7-17(23)20-8-11-25-12-15-5-3-10-26-15/h2-6,10,13H,7-9,11-12H2,1H3,(H,20,23). The fourth-order valence-electron chi connectivity index (χ4n) is 2.64. The molecule has 0 spiro atoms. The maximum Gasteiger partial charge on any atom is 0.261 e. The summed E-state index contributed by atoms with van der Waals surface area (Å²) in [4.78, 5) is 30.2. The Labute approximate surface area is 160 Å². The number of hydrogen-bond donors (Lipinski definition) is 1. The molecule has 1 N–H and O–H groups in total. The van der Waals surface area contributed by atoms with Crippen molar-refractivity contribution in [1.29, 1.82) is 0 Å². The summed E-state index contributed by atoms with van der Waals surface area (Å²) in [5, 5.41) is 5.57. The van der Waals surface area contributed by atoms with E-state index in [1.807, 2.05) is 25.1 Å². The van der Waals surface area contributed by atoms with Gasteiger partial charge in [0.2, 0.25) is 5.91 Å². The van der Waals surface area contributed by atoms with E-state index in [-0.39, 0.29) is 17.9 Å². The second-order valence-electron chi connectivity index (χ2n) is 5.95. The predicted molar refractivity (Wildman–Crippen MR) is 109 cm³/mol. The molecular weight excluding hydrogens is 366 g/mol. The number of para-hydroxylation sites is 1. The summed E-state index contributed by atoms with van der Waals surface area (Å²) in [5.74, 6) is 1.81. The molecule has 2 aromatic heterocycles. The van der Waals surface area contributed by atoms with Crippen molar-refractivity contribution in [1.82, 2.24) is 14.9 Å². The number of amides is 1. The van der Waals surface area contributed by atoms with Crippen molar-refractivity contribution in [3.63, 3.8) is 0 Å². The third-order valence-corrected chi connectivity index (χ3v) is 6.10. The molecule has 1 amide bonds. The number of carbonyl (C=O) groups excluding carboxylic acids is 1. The molecule has 0 fully saturated rings. The van der Waals surface area contributed by atoms with Crippen LogP contribution in [-0.2, 0) is 17.1 Å². The van der Waals surface area contributed by atoms with Crippen molar-refractivity contribution in [3.8, 4) is 0 Å². The van der Waals surface area contributed by atoms with Crippen LogP contribution in [0.3, 0.4) is 0 Å². The summed E-state index contributed by atoms with van der Waals surface area (Å²) in [5.41, 5.74) is 1.60. The molecule has 2 heterocycles. The highest BCUT2D eigenvalue weighted by molar-refractivity contribution is 7.98. The Bertz CT molecular complexity index is 936. The highest BCUT2D eigenvalue weighted by Gasteiger charge is 2.07. The third-order valence-electron chi connectivity index (χ3n) is 4.03. The average Bonchev–Trinajstić information content (AvgIpc) is 3.15. The zero-order valence-electron chi connectivity index (χ0n) is 14.6. The Hall–Kier alpha value is -2.12. The van der Waals surface area contributed by atoms with E-state index in [1.54, 1.807) is 29.2 Å². The Balaban J connectivity index is 1.45. The first kappa shape index (κ1) is 18.7. The van der Waals surface area contributed by atoms with Crippen LogP contribution in [0.4, 0.5) is 0 Å². The number of nitrogens with one attached hydrogen (secondary N) is 1. The van der Waals surface area contributed by atoms with Crippen LogP contribution in [0.25, 0.3) is 10.9 Å². The van der Waals surface area contributed by atoms with Crippen LogP contribution < -0.4 is 10.9 Å². The van der Waals surface area contributed by atoms with E-state index in [0.717, 1.165) is 22.6 Å². The molecule has 1 aromatic carbocycles. The predicted octanol–water partition coefficient (Wildman–Crippen LogP) is 3.21. The van der Waals surface area contributed by atoms with Crippen molar-refractivity contribution in [2.45, 2.75) is 25.6 Å². The van der Waals surface area contributed by atoms with Crippen LogP contribution in [0, 0.1) is 6.92 Å². The van der Waals surface area contributed by atoms with E-state index in [4.69, 9.17) is 0 Å². The molecular formula is C19H21N3O2S2. The molecule has 3 rings (SSSR count). The van der Waals surface area contributed by atoms with Gasteiger partial charge in [0.05, 0.1) is 17.2 Å². The smallest absolute Gasteiger partial charge is 0.261 e. The minimum atomic E-state index is -0.0991. The lowest BCUT2D eigenvalue weighted by atomic mass is 10.1. The van der Waals surface area contributed by atoms with Crippen LogP contribution in [-0.4, -0.2) is 27.8 Å². The molecule has 0 saturated carbocycles. The molecule has 0 atom stereocenters. The number of thiophene rings is 1. The fourth-order valence-corrected chi connectivity index (χ4v) is 4.34. The topological polar surface area (TPSA) is 64.0 Å². The summed E-state index contributed by atoms with van der Waals surface area (Å²) >= 11 is 3.55. The average molecular weight is 388 g/mol. The highest BCUT2D eigenvalue weighted by atomic mass is 32.2. The zero-order chi connectivity index (χ0) is 18.4. The molecule has 0 aliphatic rings. The summed E-state index contributed by atoms with van der Waals surface area (Å²) < 4.78 is 1.51. The lowest BCUT2D eigenvalue weighted by molar-refractivity contribution is -0.121. The molecule has 0 bridgehead atoms. The molecule has 0 saturated heterocycles. The number of aryl methyl sites for hydroxylation is 2. The van der Waals surface area contributed by atoms with E-state index in [0.29, 0.717) is 18.5 Å². The van der Waals surface area contributed by atoms with Gasteiger partial charge in [-0.3, -0.25) is 14.2 Å². The molecule has 3 aromatic rings. The minimum absolute atomic E-state index is 0.0436. The Morgan fingerprint density at radius 2 is 2.19 bits per heavy atom.